The molecule has 25 heavy (non-hydrogen) atoms. The van der Waals surface area contributed by atoms with Gasteiger partial charge < -0.3 is 16.0 Å². The van der Waals surface area contributed by atoms with Crippen molar-refractivity contribution in [2.45, 2.75) is 51.4 Å². The fraction of sp³-hybridized carbons (Fsp3) is 0.600. The summed E-state index contributed by atoms with van der Waals surface area (Å²) >= 11 is 0. The number of hydrogen-bond donors (Lipinski definition) is 3. The van der Waals surface area contributed by atoms with E-state index in [1.54, 1.807) is 0 Å². The first-order chi connectivity index (χ1) is 12.2. The third-order valence-electron chi connectivity index (χ3n) is 5.33. The SMILES string of the molecule is O=C(CCC1CCNC1)Nc1cccc(NC(=O)C2CCCCC2)c1. The standard InChI is InChI=1S/C20H29N3O2/c24-19(10-9-15-11-12-21-14-15)22-17-7-4-8-18(13-17)23-20(25)16-5-2-1-3-6-16/h4,7-8,13,15-16,21H,1-3,5-6,9-12,14H2,(H,22,24)(H,23,25). The minimum atomic E-state index is 0.0441. The van der Waals surface area contributed by atoms with Crippen LogP contribution < -0.4 is 16.0 Å². The van der Waals surface area contributed by atoms with Gasteiger partial charge in [-0.3, -0.25) is 9.59 Å². The van der Waals surface area contributed by atoms with Crippen LogP contribution in [0.4, 0.5) is 11.4 Å². The van der Waals surface area contributed by atoms with Crippen LogP contribution in [0.2, 0.25) is 0 Å². The van der Waals surface area contributed by atoms with E-state index in [0.717, 1.165) is 63.0 Å². The fourth-order valence-electron chi connectivity index (χ4n) is 3.80. The molecule has 1 aliphatic heterocycles. The predicted octanol–water partition coefficient (Wildman–Crippen LogP) is 3.53. The van der Waals surface area contributed by atoms with Crippen LogP contribution in [0.5, 0.6) is 0 Å². The zero-order chi connectivity index (χ0) is 17.5. The molecule has 1 atom stereocenters. The first-order valence-corrected chi connectivity index (χ1v) is 9.62. The van der Waals surface area contributed by atoms with Crippen molar-refractivity contribution in [1.82, 2.24) is 5.32 Å². The van der Waals surface area contributed by atoms with Crippen molar-refractivity contribution in [2.75, 3.05) is 23.7 Å². The maximum absolute atomic E-state index is 12.3. The lowest BCUT2D eigenvalue weighted by atomic mass is 9.88. The molecule has 136 valence electrons. The largest absolute Gasteiger partial charge is 0.326 e. The average molecular weight is 343 g/mol. The van der Waals surface area contributed by atoms with Crippen molar-refractivity contribution >= 4 is 23.2 Å². The van der Waals surface area contributed by atoms with Crippen LogP contribution in [0.1, 0.15) is 51.4 Å². The van der Waals surface area contributed by atoms with Gasteiger partial charge in [0.05, 0.1) is 0 Å². The molecule has 3 rings (SSSR count). The first kappa shape index (κ1) is 17.9. The third-order valence-corrected chi connectivity index (χ3v) is 5.33. The number of benzene rings is 1. The molecule has 5 nitrogen and oxygen atoms in total. The Morgan fingerprint density at radius 1 is 1.04 bits per heavy atom. The first-order valence-electron chi connectivity index (χ1n) is 9.62. The monoisotopic (exact) mass is 343 g/mol. The van der Waals surface area contributed by atoms with E-state index in [4.69, 9.17) is 0 Å². The molecule has 1 saturated heterocycles. The van der Waals surface area contributed by atoms with E-state index >= 15 is 0 Å². The Morgan fingerprint density at radius 3 is 2.52 bits per heavy atom. The summed E-state index contributed by atoms with van der Waals surface area (Å²) in [5.41, 5.74) is 1.50. The Bertz CT molecular complexity index is 590. The van der Waals surface area contributed by atoms with E-state index in [-0.39, 0.29) is 17.7 Å². The van der Waals surface area contributed by atoms with Gasteiger partial charge in [-0.05, 0) is 62.9 Å². The van der Waals surface area contributed by atoms with E-state index in [9.17, 15) is 9.59 Å². The summed E-state index contributed by atoms with van der Waals surface area (Å²) in [6, 6.07) is 7.45. The highest BCUT2D eigenvalue weighted by Crippen LogP contribution is 2.25. The zero-order valence-electron chi connectivity index (χ0n) is 14.9. The van der Waals surface area contributed by atoms with Gasteiger partial charge in [0.2, 0.25) is 11.8 Å². The second-order valence-electron chi connectivity index (χ2n) is 7.35. The molecular weight excluding hydrogens is 314 g/mol. The van der Waals surface area contributed by atoms with Gasteiger partial charge in [0, 0.05) is 23.7 Å². The molecule has 2 fully saturated rings. The summed E-state index contributed by atoms with van der Waals surface area (Å²) in [6.07, 6.45) is 8.13. The molecule has 2 amide bonds. The smallest absolute Gasteiger partial charge is 0.227 e. The van der Waals surface area contributed by atoms with Crippen molar-refractivity contribution in [3.63, 3.8) is 0 Å². The van der Waals surface area contributed by atoms with Crippen LogP contribution in [-0.4, -0.2) is 24.9 Å². The minimum Gasteiger partial charge on any atom is -0.326 e. The van der Waals surface area contributed by atoms with Crippen molar-refractivity contribution in [2.24, 2.45) is 11.8 Å². The second kappa shape index (κ2) is 8.99. The van der Waals surface area contributed by atoms with E-state index in [0.29, 0.717) is 12.3 Å². The van der Waals surface area contributed by atoms with Crippen LogP contribution in [0.15, 0.2) is 24.3 Å². The second-order valence-corrected chi connectivity index (χ2v) is 7.35. The number of nitrogens with one attached hydrogen (secondary N) is 3. The Hall–Kier alpha value is -1.88. The Morgan fingerprint density at radius 2 is 1.80 bits per heavy atom. The summed E-state index contributed by atoms with van der Waals surface area (Å²) in [5, 5.41) is 9.28. The van der Waals surface area contributed by atoms with Crippen molar-refractivity contribution < 1.29 is 9.59 Å². The number of rotatable bonds is 6. The van der Waals surface area contributed by atoms with Crippen LogP contribution in [0.25, 0.3) is 0 Å². The number of amides is 2. The fourth-order valence-corrected chi connectivity index (χ4v) is 3.80. The van der Waals surface area contributed by atoms with Crippen LogP contribution in [-0.2, 0) is 9.59 Å². The lowest BCUT2D eigenvalue weighted by Crippen LogP contribution is -2.24. The van der Waals surface area contributed by atoms with Gasteiger partial charge in [0.15, 0.2) is 0 Å². The summed E-state index contributed by atoms with van der Waals surface area (Å²) < 4.78 is 0. The quantitative estimate of drug-likeness (QED) is 0.740. The number of carbonyl (C=O) groups excluding carboxylic acids is 2. The van der Waals surface area contributed by atoms with Crippen molar-refractivity contribution in [3.8, 4) is 0 Å². The maximum Gasteiger partial charge on any atom is 0.227 e. The molecule has 3 N–H and O–H groups in total. The highest BCUT2D eigenvalue weighted by Gasteiger charge is 2.21. The molecule has 1 aromatic rings. The molecule has 1 aromatic carbocycles. The molecule has 5 heteroatoms. The number of carbonyl (C=O) groups is 2. The molecule has 0 spiro atoms. The van der Waals surface area contributed by atoms with Crippen molar-refractivity contribution in [1.29, 1.82) is 0 Å². The van der Waals surface area contributed by atoms with Gasteiger partial charge >= 0.3 is 0 Å². The Kier molecular flexibility index (Phi) is 6.45. The molecule has 1 saturated carbocycles. The summed E-state index contributed by atoms with van der Waals surface area (Å²) in [4.78, 5) is 24.5. The van der Waals surface area contributed by atoms with Gasteiger partial charge in [-0.15, -0.1) is 0 Å². The highest BCUT2D eigenvalue weighted by atomic mass is 16.2. The van der Waals surface area contributed by atoms with Gasteiger partial charge in [-0.25, -0.2) is 0 Å². The lowest BCUT2D eigenvalue weighted by molar-refractivity contribution is -0.120. The molecule has 0 aromatic heterocycles. The van der Waals surface area contributed by atoms with Gasteiger partial charge in [0.1, 0.15) is 0 Å². The lowest BCUT2D eigenvalue weighted by Gasteiger charge is -2.20. The topological polar surface area (TPSA) is 70.2 Å². The molecule has 1 heterocycles. The van der Waals surface area contributed by atoms with E-state index in [1.165, 1.54) is 6.42 Å². The minimum absolute atomic E-state index is 0.0441. The molecular formula is C20H29N3O2. The Labute approximate surface area is 150 Å². The van der Waals surface area contributed by atoms with Crippen LogP contribution >= 0.6 is 0 Å². The third kappa shape index (κ3) is 5.56. The molecule has 0 bridgehead atoms. The van der Waals surface area contributed by atoms with Gasteiger partial charge in [-0.1, -0.05) is 25.3 Å². The van der Waals surface area contributed by atoms with E-state index in [1.807, 2.05) is 24.3 Å². The van der Waals surface area contributed by atoms with Gasteiger partial charge in [-0.2, -0.15) is 0 Å². The summed E-state index contributed by atoms with van der Waals surface area (Å²) in [7, 11) is 0. The summed E-state index contributed by atoms with van der Waals surface area (Å²) in [6.45, 7) is 2.09. The maximum atomic E-state index is 12.3. The normalized spacial score (nSPS) is 21.0. The molecule has 0 radical (unpaired) electrons. The van der Waals surface area contributed by atoms with Crippen LogP contribution in [0.3, 0.4) is 0 Å². The predicted molar refractivity (Wildman–Crippen MR) is 100 cm³/mol. The Balaban J connectivity index is 1.48. The van der Waals surface area contributed by atoms with E-state index in [2.05, 4.69) is 16.0 Å². The highest BCUT2D eigenvalue weighted by molar-refractivity contribution is 5.95. The molecule has 1 unspecified atom stereocenters. The average Bonchev–Trinajstić information content (AvgIpc) is 3.15. The molecule has 1 aliphatic carbocycles. The van der Waals surface area contributed by atoms with Gasteiger partial charge in [0.25, 0.3) is 0 Å². The zero-order valence-corrected chi connectivity index (χ0v) is 14.9. The number of anilines is 2. The number of hydrogen-bond acceptors (Lipinski definition) is 3. The van der Waals surface area contributed by atoms with Crippen LogP contribution in [0, 0.1) is 11.8 Å². The van der Waals surface area contributed by atoms with E-state index < -0.39 is 0 Å². The van der Waals surface area contributed by atoms with Crippen molar-refractivity contribution in [3.05, 3.63) is 24.3 Å². The summed E-state index contributed by atoms with van der Waals surface area (Å²) in [5.74, 6) is 0.901. The molecule has 2 aliphatic rings.